The summed E-state index contributed by atoms with van der Waals surface area (Å²) in [5.41, 5.74) is 1.08. The number of amides is 2. The molecule has 1 fully saturated rings. The summed E-state index contributed by atoms with van der Waals surface area (Å²) in [4.78, 5) is 25.6. The number of carbonyl (C=O) groups is 2. The highest BCUT2D eigenvalue weighted by Gasteiger charge is 2.24. The second kappa shape index (κ2) is 4.13. The smallest absolute Gasteiger partial charge is 0.288 e. The second-order valence-electron chi connectivity index (χ2n) is 3.42. The third kappa shape index (κ3) is 2.25. The highest BCUT2D eigenvalue weighted by Crippen LogP contribution is 1.94. The third-order valence-electron chi connectivity index (χ3n) is 2.03. The maximum absolute atomic E-state index is 10.8. The number of aryl methyl sites for hydroxylation is 1. The number of nitrogens with one attached hydrogen (secondary N) is 2. The van der Waals surface area contributed by atoms with Gasteiger partial charge in [-0.25, -0.2) is 0 Å². The molecule has 2 rings (SSSR count). The summed E-state index contributed by atoms with van der Waals surface area (Å²) in [5.74, 6) is -1.14. The van der Waals surface area contributed by atoms with E-state index in [1.165, 1.54) is 0 Å². The van der Waals surface area contributed by atoms with Gasteiger partial charge in [0.15, 0.2) is 0 Å². The van der Waals surface area contributed by atoms with Crippen LogP contribution in [-0.2, 0) is 16.1 Å². The van der Waals surface area contributed by atoms with Gasteiger partial charge in [-0.05, 0) is 12.5 Å². The van der Waals surface area contributed by atoms with Gasteiger partial charge in [0.2, 0.25) is 5.96 Å². The van der Waals surface area contributed by atoms with Crippen LogP contribution in [-0.4, -0.2) is 34.1 Å². The van der Waals surface area contributed by atoms with Crippen LogP contribution in [0.1, 0.15) is 5.56 Å². The average Bonchev–Trinajstić information content (AvgIpc) is 2.75. The van der Waals surface area contributed by atoms with Crippen molar-refractivity contribution in [2.24, 2.45) is 4.99 Å². The number of aliphatic imine (C=N–C) groups is 1. The number of nitrogens with zero attached hydrogens (tertiary/aromatic N) is 3. The summed E-state index contributed by atoms with van der Waals surface area (Å²) < 4.78 is 1.75. The molecular weight excluding hydrogens is 210 g/mol. The van der Waals surface area contributed by atoms with Crippen LogP contribution >= 0.6 is 0 Å². The highest BCUT2D eigenvalue weighted by atomic mass is 16.2. The molecule has 0 atom stereocenters. The SMILES string of the molecule is Cc1cnn(CCN=C2NC(=O)C(=O)N2)c1. The summed E-state index contributed by atoms with van der Waals surface area (Å²) >= 11 is 0. The lowest BCUT2D eigenvalue weighted by atomic mass is 10.4. The van der Waals surface area contributed by atoms with Gasteiger partial charge in [-0.3, -0.25) is 29.9 Å². The number of hydrogen-bond acceptors (Lipinski definition) is 4. The van der Waals surface area contributed by atoms with Crippen LogP contribution in [0.4, 0.5) is 0 Å². The van der Waals surface area contributed by atoms with Crippen molar-refractivity contribution in [1.82, 2.24) is 20.4 Å². The molecule has 2 amide bonds. The van der Waals surface area contributed by atoms with Gasteiger partial charge in [0.05, 0.1) is 19.3 Å². The Bertz CT molecular complexity index is 444. The lowest BCUT2D eigenvalue weighted by Gasteiger charge is -1.98. The zero-order valence-electron chi connectivity index (χ0n) is 8.73. The summed E-state index contributed by atoms with van der Waals surface area (Å²) in [6, 6.07) is 0. The molecule has 0 aliphatic carbocycles. The number of carbonyl (C=O) groups excluding carboxylic acids is 2. The summed E-state index contributed by atoms with van der Waals surface area (Å²) in [6.45, 7) is 2.99. The molecule has 7 heteroatoms. The van der Waals surface area contributed by atoms with Gasteiger partial charge in [0.25, 0.3) is 0 Å². The first-order chi connectivity index (χ1) is 7.65. The first kappa shape index (κ1) is 10.3. The van der Waals surface area contributed by atoms with E-state index in [1.807, 2.05) is 13.1 Å². The van der Waals surface area contributed by atoms with Crippen molar-refractivity contribution in [1.29, 1.82) is 0 Å². The maximum Gasteiger partial charge on any atom is 0.316 e. The number of aromatic nitrogens is 2. The largest absolute Gasteiger partial charge is 0.316 e. The molecule has 0 unspecified atom stereocenters. The first-order valence-corrected chi connectivity index (χ1v) is 4.81. The first-order valence-electron chi connectivity index (χ1n) is 4.81. The van der Waals surface area contributed by atoms with Crippen molar-refractivity contribution in [3.63, 3.8) is 0 Å². The van der Waals surface area contributed by atoms with E-state index in [-0.39, 0.29) is 5.96 Å². The van der Waals surface area contributed by atoms with Crippen molar-refractivity contribution in [3.05, 3.63) is 18.0 Å². The van der Waals surface area contributed by atoms with Gasteiger partial charge >= 0.3 is 11.8 Å². The van der Waals surface area contributed by atoms with Gasteiger partial charge in [0.1, 0.15) is 0 Å². The molecule has 1 aliphatic heterocycles. The van der Waals surface area contributed by atoms with Crippen LogP contribution in [0.3, 0.4) is 0 Å². The third-order valence-corrected chi connectivity index (χ3v) is 2.03. The standard InChI is InChI=1S/C9H11N5O2/c1-6-4-11-14(5-6)3-2-10-9-12-7(15)8(16)13-9/h4-5H,2-3H2,1H3,(H2,10,12,13,15,16). The van der Waals surface area contributed by atoms with E-state index >= 15 is 0 Å². The lowest BCUT2D eigenvalue weighted by molar-refractivity contribution is -0.135. The Morgan fingerprint density at radius 1 is 1.38 bits per heavy atom. The number of guanidine groups is 1. The number of rotatable bonds is 3. The molecule has 0 radical (unpaired) electrons. The summed E-state index contributed by atoms with van der Waals surface area (Å²) in [7, 11) is 0. The van der Waals surface area contributed by atoms with E-state index in [1.54, 1.807) is 10.9 Å². The molecule has 1 aliphatic rings. The minimum absolute atomic E-state index is 0.207. The Balaban J connectivity index is 1.86. The zero-order valence-corrected chi connectivity index (χ0v) is 8.73. The topological polar surface area (TPSA) is 88.4 Å². The van der Waals surface area contributed by atoms with Crippen molar-refractivity contribution in [2.75, 3.05) is 6.54 Å². The molecular formula is C9H11N5O2. The van der Waals surface area contributed by atoms with Crippen LogP contribution in [0.15, 0.2) is 17.4 Å². The molecule has 2 heterocycles. The predicted molar refractivity (Wildman–Crippen MR) is 55.6 cm³/mol. The van der Waals surface area contributed by atoms with Crippen molar-refractivity contribution in [3.8, 4) is 0 Å². The molecule has 0 bridgehead atoms. The Labute approximate surface area is 91.5 Å². The zero-order chi connectivity index (χ0) is 11.5. The van der Waals surface area contributed by atoms with E-state index in [4.69, 9.17) is 0 Å². The molecule has 0 spiro atoms. The van der Waals surface area contributed by atoms with Crippen molar-refractivity contribution in [2.45, 2.75) is 13.5 Å². The fourth-order valence-corrected chi connectivity index (χ4v) is 1.29. The van der Waals surface area contributed by atoms with Crippen molar-refractivity contribution >= 4 is 17.8 Å². The molecule has 1 aromatic heterocycles. The minimum Gasteiger partial charge on any atom is -0.288 e. The Morgan fingerprint density at radius 2 is 2.06 bits per heavy atom. The Morgan fingerprint density at radius 3 is 2.62 bits per heavy atom. The van der Waals surface area contributed by atoms with E-state index < -0.39 is 11.8 Å². The molecule has 1 aromatic rings. The molecule has 2 N–H and O–H groups in total. The minimum atomic E-state index is -0.673. The molecule has 1 saturated heterocycles. The molecule has 16 heavy (non-hydrogen) atoms. The normalized spacial score (nSPS) is 14.9. The predicted octanol–water partition coefficient (Wildman–Crippen LogP) is -1.21. The van der Waals surface area contributed by atoms with Crippen molar-refractivity contribution < 1.29 is 9.59 Å². The highest BCUT2D eigenvalue weighted by molar-refractivity contribution is 6.45. The van der Waals surface area contributed by atoms with Crippen LogP contribution in [0, 0.1) is 6.92 Å². The quantitative estimate of drug-likeness (QED) is 0.628. The fraction of sp³-hybridized carbons (Fsp3) is 0.333. The fourth-order valence-electron chi connectivity index (χ4n) is 1.29. The summed E-state index contributed by atoms with van der Waals surface area (Å²) in [6.07, 6.45) is 3.65. The van der Waals surface area contributed by atoms with Crippen LogP contribution in [0.2, 0.25) is 0 Å². The molecule has 0 saturated carbocycles. The van der Waals surface area contributed by atoms with Crippen LogP contribution < -0.4 is 10.6 Å². The maximum atomic E-state index is 10.8. The molecule has 84 valence electrons. The van der Waals surface area contributed by atoms with Gasteiger partial charge in [-0.2, -0.15) is 5.10 Å². The Hall–Kier alpha value is -2.18. The van der Waals surface area contributed by atoms with Crippen LogP contribution in [0.5, 0.6) is 0 Å². The monoisotopic (exact) mass is 221 g/mol. The average molecular weight is 221 g/mol. The van der Waals surface area contributed by atoms with Gasteiger partial charge < -0.3 is 0 Å². The van der Waals surface area contributed by atoms with E-state index in [2.05, 4.69) is 20.7 Å². The molecule has 7 nitrogen and oxygen atoms in total. The van der Waals surface area contributed by atoms with Gasteiger partial charge in [0, 0.05) is 6.20 Å². The number of hydrogen-bond donors (Lipinski definition) is 2. The Kier molecular flexibility index (Phi) is 2.67. The van der Waals surface area contributed by atoms with Crippen LogP contribution in [0.25, 0.3) is 0 Å². The van der Waals surface area contributed by atoms with Gasteiger partial charge in [-0.15, -0.1) is 0 Å². The lowest BCUT2D eigenvalue weighted by Crippen LogP contribution is -2.26. The van der Waals surface area contributed by atoms with E-state index in [0.717, 1.165) is 5.56 Å². The summed E-state index contributed by atoms with van der Waals surface area (Å²) in [5, 5.41) is 8.71. The van der Waals surface area contributed by atoms with E-state index in [9.17, 15) is 9.59 Å². The molecule has 0 aromatic carbocycles. The van der Waals surface area contributed by atoms with Gasteiger partial charge in [-0.1, -0.05) is 0 Å². The van der Waals surface area contributed by atoms with E-state index in [0.29, 0.717) is 13.1 Å². The second-order valence-corrected chi connectivity index (χ2v) is 3.42.